The van der Waals surface area contributed by atoms with Gasteiger partial charge in [-0.25, -0.2) is 0 Å². The van der Waals surface area contributed by atoms with Gasteiger partial charge in [-0.15, -0.1) is 0 Å². The number of benzene rings is 1. The second-order valence-corrected chi connectivity index (χ2v) is 5.19. The number of carbonyl (C=O) groups is 1. The van der Waals surface area contributed by atoms with Crippen LogP contribution in [-0.2, 0) is 6.54 Å². The highest BCUT2D eigenvalue weighted by atomic mass is 16.1. The molecule has 1 aromatic rings. The number of aryl methyl sites for hydroxylation is 1. The molecule has 0 spiro atoms. The first kappa shape index (κ1) is 13.8. The fraction of sp³-hybridized carbons (Fsp3) is 0.438. The van der Waals surface area contributed by atoms with Crippen LogP contribution >= 0.6 is 0 Å². The number of nitrogens with one attached hydrogen (secondary N) is 1. The van der Waals surface area contributed by atoms with Gasteiger partial charge in [-0.3, -0.25) is 4.79 Å². The van der Waals surface area contributed by atoms with Gasteiger partial charge in [-0.1, -0.05) is 17.7 Å². The summed E-state index contributed by atoms with van der Waals surface area (Å²) < 4.78 is 0. The maximum absolute atomic E-state index is 11.1. The van der Waals surface area contributed by atoms with Crippen LogP contribution in [0.4, 0.5) is 0 Å². The number of rotatable bonds is 6. The standard InChI is InChI=1S/C16H22N2O/c1-12-10-14(16(17)19)6-7-15(12)11-18-9-8-13-4-2-3-5-13/h4,6-7,10,18H,2-3,5,8-9,11H2,1H3,(H2,17,19). The second-order valence-electron chi connectivity index (χ2n) is 5.19. The van der Waals surface area contributed by atoms with Gasteiger partial charge in [0.25, 0.3) is 0 Å². The van der Waals surface area contributed by atoms with Crippen molar-refractivity contribution in [2.24, 2.45) is 5.73 Å². The van der Waals surface area contributed by atoms with E-state index in [9.17, 15) is 4.79 Å². The Kier molecular flexibility index (Phi) is 4.74. The van der Waals surface area contributed by atoms with Crippen molar-refractivity contribution in [2.45, 2.75) is 39.2 Å². The summed E-state index contributed by atoms with van der Waals surface area (Å²) in [7, 11) is 0. The lowest BCUT2D eigenvalue weighted by atomic mass is 10.0. The number of carbonyl (C=O) groups excluding carboxylic acids is 1. The number of allylic oxidation sites excluding steroid dienone is 1. The highest BCUT2D eigenvalue weighted by Gasteiger charge is 2.05. The van der Waals surface area contributed by atoms with E-state index in [4.69, 9.17) is 5.73 Å². The van der Waals surface area contributed by atoms with Gasteiger partial charge in [0.05, 0.1) is 0 Å². The Bertz CT molecular complexity index is 492. The van der Waals surface area contributed by atoms with Gasteiger partial charge in [-0.05, 0) is 62.4 Å². The zero-order valence-corrected chi connectivity index (χ0v) is 11.5. The zero-order valence-electron chi connectivity index (χ0n) is 11.5. The molecule has 1 aromatic carbocycles. The lowest BCUT2D eigenvalue weighted by Gasteiger charge is -2.09. The maximum Gasteiger partial charge on any atom is 0.248 e. The molecule has 0 unspecified atom stereocenters. The van der Waals surface area contributed by atoms with Gasteiger partial charge in [0.15, 0.2) is 0 Å². The van der Waals surface area contributed by atoms with Gasteiger partial charge in [-0.2, -0.15) is 0 Å². The Labute approximate surface area is 114 Å². The van der Waals surface area contributed by atoms with Crippen molar-refractivity contribution in [1.29, 1.82) is 0 Å². The second kappa shape index (κ2) is 6.53. The first-order chi connectivity index (χ1) is 9.16. The van der Waals surface area contributed by atoms with Crippen LogP contribution in [0.15, 0.2) is 29.8 Å². The minimum absolute atomic E-state index is 0.365. The van der Waals surface area contributed by atoms with E-state index in [0.717, 1.165) is 25.1 Å². The highest BCUT2D eigenvalue weighted by Crippen LogP contribution is 2.19. The molecular weight excluding hydrogens is 236 g/mol. The minimum atomic E-state index is -0.365. The highest BCUT2D eigenvalue weighted by molar-refractivity contribution is 5.93. The minimum Gasteiger partial charge on any atom is -0.366 e. The molecule has 0 fully saturated rings. The van der Waals surface area contributed by atoms with E-state index in [1.807, 2.05) is 19.1 Å². The van der Waals surface area contributed by atoms with Gasteiger partial charge < -0.3 is 11.1 Å². The molecule has 0 saturated carbocycles. The Morgan fingerprint density at radius 1 is 1.42 bits per heavy atom. The smallest absolute Gasteiger partial charge is 0.248 e. The quantitative estimate of drug-likeness (QED) is 0.609. The van der Waals surface area contributed by atoms with Crippen molar-refractivity contribution in [3.63, 3.8) is 0 Å². The predicted molar refractivity (Wildman–Crippen MR) is 78.0 cm³/mol. The third-order valence-electron chi connectivity index (χ3n) is 3.70. The van der Waals surface area contributed by atoms with Gasteiger partial charge in [0.1, 0.15) is 0 Å². The summed E-state index contributed by atoms with van der Waals surface area (Å²) in [6.07, 6.45) is 7.37. The molecule has 0 aromatic heterocycles. The van der Waals surface area contributed by atoms with Crippen LogP contribution in [-0.4, -0.2) is 12.5 Å². The van der Waals surface area contributed by atoms with Crippen LogP contribution in [0.5, 0.6) is 0 Å². The Hall–Kier alpha value is -1.61. The molecular formula is C16H22N2O. The van der Waals surface area contributed by atoms with Crippen molar-refractivity contribution in [1.82, 2.24) is 5.32 Å². The van der Waals surface area contributed by atoms with Crippen molar-refractivity contribution in [3.05, 3.63) is 46.5 Å². The first-order valence-electron chi connectivity index (χ1n) is 6.95. The molecule has 0 heterocycles. The summed E-state index contributed by atoms with van der Waals surface area (Å²) in [5, 5.41) is 3.46. The molecule has 3 nitrogen and oxygen atoms in total. The summed E-state index contributed by atoms with van der Waals surface area (Å²) in [4.78, 5) is 11.1. The largest absolute Gasteiger partial charge is 0.366 e. The Morgan fingerprint density at radius 3 is 2.89 bits per heavy atom. The van der Waals surface area contributed by atoms with E-state index in [-0.39, 0.29) is 5.91 Å². The summed E-state index contributed by atoms with van der Waals surface area (Å²) in [6, 6.07) is 5.64. The number of hydrogen-bond donors (Lipinski definition) is 2. The van der Waals surface area contributed by atoms with Crippen molar-refractivity contribution < 1.29 is 4.79 Å². The summed E-state index contributed by atoms with van der Waals surface area (Å²) in [5.41, 5.74) is 9.78. The van der Waals surface area contributed by atoms with Crippen LogP contribution in [0.1, 0.15) is 47.2 Å². The van der Waals surface area contributed by atoms with E-state index in [2.05, 4.69) is 11.4 Å². The molecule has 0 bridgehead atoms. The normalized spacial score (nSPS) is 14.5. The predicted octanol–water partition coefficient (Wildman–Crippen LogP) is 2.68. The van der Waals surface area contributed by atoms with Crippen LogP contribution in [0.2, 0.25) is 0 Å². The number of primary amides is 1. The molecule has 1 aliphatic rings. The molecule has 0 radical (unpaired) electrons. The molecule has 1 amide bonds. The van der Waals surface area contributed by atoms with Crippen molar-refractivity contribution in [2.75, 3.05) is 6.54 Å². The van der Waals surface area contributed by atoms with Crippen LogP contribution in [0.3, 0.4) is 0 Å². The molecule has 102 valence electrons. The van der Waals surface area contributed by atoms with E-state index >= 15 is 0 Å². The average Bonchev–Trinajstić information content (AvgIpc) is 2.89. The Morgan fingerprint density at radius 2 is 2.26 bits per heavy atom. The maximum atomic E-state index is 11.1. The summed E-state index contributed by atoms with van der Waals surface area (Å²) in [6.45, 7) is 3.88. The topological polar surface area (TPSA) is 55.1 Å². The summed E-state index contributed by atoms with van der Waals surface area (Å²) in [5.74, 6) is -0.365. The van der Waals surface area contributed by atoms with Gasteiger partial charge in [0.2, 0.25) is 5.91 Å². The molecule has 0 saturated heterocycles. The lowest BCUT2D eigenvalue weighted by Crippen LogP contribution is -2.16. The monoisotopic (exact) mass is 258 g/mol. The lowest BCUT2D eigenvalue weighted by molar-refractivity contribution is 0.1000. The molecule has 3 N–H and O–H groups in total. The number of nitrogens with two attached hydrogens (primary N) is 1. The third-order valence-corrected chi connectivity index (χ3v) is 3.70. The Balaban J connectivity index is 1.80. The first-order valence-corrected chi connectivity index (χ1v) is 6.95. The summed E-state index contributed by atoms with van der Waals surface area (Å²) >= 11 is 0. The molecule has 1 aliphatic carbocycles. The van der Waals surface area contributed by atoms with E-state index in [0.29, 0.717) is 5.56 Å². The number of amides is 1. The molecule has 3 heteroatoms. The van der Waals surface area contributed by atoms with Gasteiger partial charge >= 0.3 is 0 Å². The fourth-order valence-electron chi connectivity index (χ4n) is 2.48. The van der Waals surface area contributed by atoms with Crippen LogP contribution in [0, 0.1) is 6.92 Å². The average molecular weight is 258 g/mol. The van der Waals surface area contributed by atoms with E-state index in [1.165, 1.54) is 24.8 Å². The van der Waals surface area contributed by atoms with Crippen molar-refractivity contribution >= 4 is 5.91 Å². The number of hydrogen-bond acceptors (Lipinski definition) is 2. The van der Waals surface area contributed by atoms with Crippen LogP contribution in [0.25, 0.3) is 0 Å². The van der Waals surface area contributed by atoms with E-state index < -0.39 is 0 Å². The fourth-order valence-corrected chi connectivity index (χ4v) is 2.48. The zero-order chi connectivity index (χ0) is 13.7. The van der Waals surface area contributed by atoms with Crippen molar-refractivity contribution in [3.8, 4) is 0 Å². The van der Waals surface area contributed by atoms with Gasteiger partial charge in [0, 0.05) is 12.1 Å². The van der Waals surface area contributed by atoms with Crippen LogP contribution < -0.4 is 11.1 Å². The molecule has 19 heavy (non-hydrogen) atoms. The molecule has 0 aliphatic heterocycles. The SMILES string of the molecule is Cc1cc(C(N)=O)ccc1CNCCC1=CCCC1. The molecule has 0 atom stereocenters. The molecule has 2 rings (SSSR count). The third kappa shape index (κ3) is 3.93. The van der Waals surface area contributed by atoms with E-state index in [1.54, 1.807) is 11.6 Å².